The van der Waals surface area contributed by atoms with Crippen molar-refractivity contribution in [3.8, 4) is 0 Å². The minimum absolute atomic E-state index is 0.325. The van der Waals surface area contributed by atoms with Crippen molar-refractivity contribution in [3.05, 3.63) is 29.6 Å². The Hall–Kier alpha value is -1.63. The summed E-state index contributed by atoms with van der Waals surface area (Å²) in [6.07, 6.45) is -3.37. The van der Waals surface area contributed by atoms with Crippen molar-refractivity contribution in [2.45, 2.75) is 19.0 Å². The summed E-state index contributed by atoms with van der Waals surface area (Å²) in [5.41, 5.74) is -1.26. The number of pyridine rings is 1. The second-order valence-corrected chi connectivity index (χ2v) is 3.62. The van der Waals surface area contributed by atoms with Gasteiger partial charge in [-0.3, -0.25) is 9.78 Å². The third kappa shape index (κ3) is 3.69. The van der Waals surface area contributed by atoms with Crippen LogP contribution in [0.3, 0.4) is 0 Å². The molecule has 7 heteroatoms. The van der Waals surface area contributed by atoms with Gasteiger partial charge in [-0.1, -0.05) is 0 Å². The van der Waals surface area contributed by atoms with Gasteiger partial charge in [0.25, 0.3) is 0 Å². The molecule has 0 aliphatic carbocycles. The van der Waals surface area contributed by atoms with Crippen LogP contribution >= 0.6 is 0 Å². The lowest BCUT2D eigenvalue weighted by Crippen LogP contribution is -2.20. The number of carbonyl (C=O) groups is 1. The van der Waals surface area contributed by atoms with Crippen molar-refractivity contribution >= 4 is 5.97 Å². The molecule has 0 aliphatic heterocycles. The summed E-state index contributed by atoms with van der Waals surface area (Å²) in [5, 5.41) is 9.08. The summed E-state index contributed by atoms with van der Waals surface area (Å²) in [4.78, 5) is 14.3. The third-order valence-electron chi connectivity index (χ3n) is 2.24. The Morgan fingerprint density at radius 1 is 1.56 bits per heavy atom. The number of aromatic nitrogens is 1. The van der Waals surface area contributed by atoms with Gasteiger partial charge in [0.05, 0.1) is 23.8 Å². The number of halogens is 3. The van der Waals surface area contributed by atoms with Crippen molar-refractivity contribution in [2.75, 3.05) is 13.2 Å². The smallest absolute Gasteiger partial charge is 0.418 e. The fourth-order valence-electron chi connectivity index (χ4n) is 1.42. The standard InChI is InChI=1S/C11H12F3NO3/c1-7(17)18-6-8(5-16)10-9(11(12,13)14)3-2-4-15-10/h2-4,8,16H,5-6H2,1H3/t8-/m1/s1. The van der Waals surface area contributed by atoms with E-state index in [-0.39, 0.29) is 12.3 Å². The molecule has 0 aromatic carbocycles. The molecule has 18 heavy (non-hydrogen) atoms. The maximum absolute atomic E-state index is 12.7. The number of hydrogen-bond acceptors (Lipinski definition) is 4. The van der Waals surface area contributed by atoms with E-state index >= 15 is 0 Å². The first kappa shape index (κ1) is 14.4. The number of aliphatic hydroxyl groups is 1. The van der Waals surface area contributed by atoms with Crippen molar-refractivity contribution in [1.29, 1.82) is 0 Å². The molecule has 0 saturated heterocycles. The van der Waals surface area contributed by atoms with Crippen LogP contribution < -0.4 is 0 Å². The van der Waals surface area contributed by atoms with E-state index in [2.05, 4.69) is 9.72 Å². The number of ether oxygens (including phenoxy) is 1. The predicted molar refractivity (Wildman–Crippen MR) is 55.7 cm³/mol. The Kier molecular flexibility index (Phi) is 4.66. The van der Waals surface area contributed by atoms with Crippen LogP contribution in [0.5, 0.6) is 0 Å². The lowest BCUT2D eigenvalue weighted by atomic mass is 10.0. The topological polar surface area (TPSA) is 59.4 Å². The second kappa shape index (κ2) is 5.81. The minimum atomic E-state index is -4.56. The minimum Gasteiger partial charge on any atom is -0.465 e. The molecule has 0 aliphatic rings. The van der Waals surface area contributed by atoms with Gasteiger partial charge in [0.2, 0.25) is 0 Å². The Morgan fingerprint density at radius 3 is 2.72 bits per heavy atom. The largest absolute Gasteiger partial charge is 0.465 e. The molecule has 1 rings (SSSR count). The molecule has 100 valence electrons. The van der Waals surface area contributed by atoms with Crippen molar-refractivity contribution in [2.24, 2.45) is 0 Å². The van der Waals surface area contributed by atoms with Gasteiger partial charge in [-0.05, 0) is 12.1 Å². The second-order valence-electron chi connectivity index (χ2n) is 3.62. The molecule has 0 spiro atoms. The molecule has 1 atom stereocenters. The van der Waals surface area contributed by atoms with E-state index in [4.69, 9.17) is 5.11 Å². The highest BCUT2D eigenvalue weighted by Crippen LogP contribution is 2.33. The molecule has 0 amide bonds. The van der Waals surface area contributed by atoms with Gasteiger partial charge in [0, 0.05) is 13.1 Å². The fraction of sp³-hybridized carbons (Fsp3) is 0.455. The van der Waals surface area contributed by atoms with E-state index in [0.29, 0.717) is 0 Å². The fourth-order valence-corrected chi connectivity index (χ4v) is 1.42. The van der Waals surface area contributed by atoms with Gasteiger partial charge in [-0.25, -0.2) is 0 Å². The molecule has 4 nitrogen and oxygen atoms in total. The molecule has 0 saturated carbocycles. The van der Waals surface area contributed by atoms with E-state index < -0.39 is 30.2 Å². The zero-order valence-corrected chi connectivity index (χ0v) is 9.57. The lowest BCUT2D eigenvalue weighted by Gasteiger charge is -2.18. The Bertz CT molecular complexity index is 420. The van der Waals surface area contributed by atoms with Gasteiger partial charge in [-0.15, -0.1) is 0 Å². The van der Waals surface area contributed by atoms with Gasteiger partial charge in [0.15, 0.2) is 0 Å². The van der Waals surface area contributed by atoms with Crippen LogP contribution in [0.4, 0.5) is 13.2 Å². The molecular formula is C11H12F3NO3. The van der Waals surface area contributed by atoms with Crippen molar-refractivity contribution in [1.82, 2.24) is 4.98 Å². The van der Waals surface area contributed by atoms with Crippen LogP contribution in [0.15, 0.2) is 18.3 Å². The molecule has 1 aromatic heterocycles. The van der Waals surface area contributed by atoms with E-state index in [1.54, 1.807) is 0 Å². The summed E-state index contributed by atoms with van der Waals surface area (Å²) < 4.78 is 42.8. The van der Waals surface area contributed by atoms with Gasteiger partial charge >= 0.3 is 12.1 Å². The Morgan fingerprint density at radius 2 is 2.22 bits per heavy atom. The monoisotopic (exact) mass is 263 g/mol. The molecule has 0 unspecified atom stereocenters. The van der Waals surface area contributed by atoms with Crippen molar-refractivity contribution < 1.29 is 27.8 Å². The summed E-state index contributed by atoms with van der Waals surface area (Å²) in [6, 6.07) is 2.03. The van der Waals surface area contributed by atoms with Crippen LogP contribution in [0.25, 0.3) is 0 Å². The third-order valence-corrected chi connectivity index (χ3v) is 2.24. The molecule has 0 bridgehead atoms. The average Bonchev–Trinajstić information content (AvgIpc) is 2.29. The molecule has 1 heterocycles. The molecule has 1 aromatic rings. The zero-order valence-electron chi connectivity index (χ0n) is 9.57. The molecule has 0 fully saturated rings. The van der Waals surface area contributed by atoms with Crippen LogP contribution in [0, 0.1) is 0 Å². The first-order valence-corrected chi connectivity index (χ1v) is 5.12. The zero-order chi connectivity index (χ0) is 13.8. The van der Waals surface area contributed by atoms with E-state index in [1.807, 2.05) is 0 Å². The van der Waals surface area contributed by atoms with Crippen LogP contribution in [-0.4, -0.2) is 29.3 Å². The number of aliphatic hydroxyl groups excluding tert-OH is 1. The number of carbonyl (C=O) groups excluding carboxylic acids is 1. The van der Waals surface area contributed by atoms with Gasteiger partial charge in [0.1, 0.15) is 6.61 Å². The van der Waals surface area contributed by atoms with Crippen LogP contribution in [0.1, 0.15) is 24.1 Å². The molecule has 0 radical (unpaired) electrons. The predicted octanol–water partition coefficient (Wildman–Crippen LogP) is 1.74. The van der Waals surface area contributed by atoms with E-state index in [0.717, 1.165) is 19.1 Å². The lowest BCUT2D eigenvalue weighted by molar-refractivity contribution is -0.142. The number of alkyl halides is 3. The SMILES string of the molecule is CC(=O)OC[C@@H](CO)c1ncccc1C(F)(F)F. The van der Waals surface area contributed by atoms with Crippen LogP contribution in [0.2, 0.25) is 0 Å². The van der Waals surface area contributed by atoms with Gasteiger partial charge < -0.3 is 9.84 Å². The highest BCUT2D eigenvalue weighted by Gasteiger charge is 2.36. The van der Waals surface area contributed by atoms with Gasteiger partial charge in [-0.2, -0.15) is 13.2 Å². The Labute approximate surface area is 101 Å². The van der Waals surface area contributed by atoms with E-state index in [1.165, 1.54) is 6.20 Å². The maximum atomic E-state index is 12.7. The summed E-state index contributed by atoms with van der Waals surface area (Å²) in [5.74, 6) is -1.62. The summed E-state index contributed by atoms with van der Waals surface area (Å²) in [7, 11) is 0. The normalized spacial score (nSPS) is 13.2. The summed E-state index contributed by atoms with van der Waals surface area (Å²) in [6.45, 7) is 0.205. The number of nitrogens with zero attached hydrogens (tertiary/aromatic N) is 1. The Balaban J connectivity index is 3.02. The quantitative estimate of drug-likeness (QED) is 0.840. The number of rotatable bonds is 4. The molecule has 1 N–H and O–H groups in total. The van der Waals surface area contributed by atoms with Crippen LogP contribution in [-0.2, 0) is 15.7 Å². The van der Waals surface area contributed by atoms with E-state index in [9.17, 15) is 18.0 Å². The first-order valence-electron chi connectivity index (χ1n) is 5.12. The number of esters is 1. The van der Waals surface area contributed by atoms with Crippen molar-refractivity contribution in [3.63, 3.8) is 0 Å². The highest BCUT2D eigenvalue weighted by atomic mass is 19.4. The average molecular weight is 263 g/mol. The maximum Gasteiger partial charge on any atom is 0.418 e. The summed E-state index contributed by atoms with van der Waals surface area (Å²) >= 11 is 0. The number of hydrogen-bond donors (Lipinski definition) is 1. The molecular weight excluding hydrogens is 251 g/mol. The first-order chi connectivity index (χ1) is 8.36. The highest BCUT2D eigenvalue weighted by molar-refractivity contribution is 5.65.